The molecule has 0 unspecified atom stereocenters. The van der Waals surface area contributed by atoms with E-state index in [1.165, 1.54) is 24.3 Å². The second-order valence-electron chi connectivity index (χ2n) is 7.83. The number of fused-ring (bicyclic) bond motifs is 1. The lowest BCUT2D eigenvalue weighted by molar-refractivity contribution is -0.115. The van der Waals surface area contributed by atoms with E-state index in [0.29, 0.717) is 33.8 Å². The maximum Gasteiger partial charge on any atom is 0.256 e. The number of amides is 3. The van der Waals surface area contributed by atoms with Gasteiger partial charge in [-0.2, -0.15) is 0 Å². The number of rotatable bonds is 5. The van der Waals surface area contributed by atoms with E-state index in [9.17, 15) is 23.2 Å². The number of carbonyl (C=O) groups is 3. The molecule has 3 aromatic rings. The smallest absolute Gasteiger partial charge is 0.256 e. The monoisotopic (exact) mass is 465 g/mol. The summed E-state index contributed by atoms with van der Waals surface area (Å²) in [7, 11) is 0. The molecule has 3 amide bonds. The quantitative estimate of drug-likeness (QED) is 0.292. The fourth-order valence-corrected chi connectivity index (χ4v) is 3.80. The highest BCUT2D eigenvalue weighted by Gasteiger charge is 2.26. The van der Waals surface area contributed by atoms with E-state index in [2.05, 4.69) is 20.9 Å². The van der Waals surface area contributed by atoms with Crippen molar-refractivity contribution in [2.75, 3.05) is 22.9 Å². The van der Waals surface area contributed by atoms with E-state index in [1.807, 2.05) is 0 Å². The standard InChI is InChI=1S/C24H21F2N5O3/c1-11-20(9-16-15-7-13(25)3-5-18(15)31-23(16)33)29-12(2)22(11)24(34)28-10-21(32)30-19-6-4-14(26)8-17(19)27/h3-9,29H,10,27H2,1-2H3,(H,28,34)(H,30,32)(H,31,33)/b16-9-. The maximum atomic E-state index is 13.7. The number of hydrogen-bond acceptors (Lipinski definition) is 4. The van der Waals surface area contributed by atoms with Crippen molar-refractivity contribution in [3.8, 4) is 0 Å². The molecule has 0 atom stereocenters. The van der Waals surface area contributed by atoms with Gasteiger partial charge in [-0.25, -0.2) is 8.78 Å². The average molecular weight is 465 g/mol. The van der Waals surface area contributed by atoms with Crippen LogP contribution in [0.3, 0.4) is 0 Å². The molecule has 6 N–H and O–H groups in total. The summed E-state index contributed by atoms with van der Waals surface area (Å²) in [5.41, 5.74) is 9.08. The van der Waals surface area contributed by atoms with Crippen molar-refractivity contribution < 1.29 is 23.2 Å². The van der Waals surface area contributed by atoms with Crippen LogP contribution in [0.15, 0.2) is 36.4 Å². The minimum absolute atomic E-state index is 0.0621. The van der Waals surface area contributed by atoms with Gasteiger partial charge in [0.1, 0.15) is 11.6 Å². The molecule has 1 aliphatic rings. The first kappa shape index (κ1) is 22.7. The van der Waals surface area contributed by atoms with E-state index in [0.717, 1.165) is 12.1 Å². The van der Waals surface area contributed by atoms with Crippen LogP contribution in [-0.2, 0) is 9.59 Å². The lowest BCUT2D eigenvalue weighted by Gasteiger charge is -2.09. The summed E-state index contributed by atoms with van der Waals surface area (Å²) in [5.74, 6) is -2.42. The molecule has 1 aromatic heterocycles. The first-order valence-corrected chi connectivity index (χ1v) is 10.3. The molecule has 0 saturated heterocycles. The molecule has 0 aliphatic carbocycles. The van der Waals surface area contributed by atoms with Crippen LogP contribution in [0.1, 0.15) is 32.9 Å². The summed E-state index contributed by atoms with van der Waals surface area (Å²) in [6.07, 6.45) is 1.56. The van der Waals surface area contributed by atoms with Crippen molar-refractivity contribution in [1.29, 1.82) is 0 Å². The van der Waals surface area contributed by atoms with E-state index in [1.54, 1.807) is 19.9 Å². The second kappa shape index (κ2) is 8.81. The predicted molar refractivity (Wildman–Crippen MR) is 125 cm³/mol. The number of carbonyl (C=O) groups excluding carboxylic acids is 3. The fourth-order valence-electron chi connectivity index (χ4n) is 3.80. The number of aromatic amines is 1. The molecular formula is C24H21F2N5O3. The number of aromatic nitrogens is 1. The van der Waals surface area contributed by atoms with Crippen molar-refractivity contribution in [2.45, 2.75) is 13.8 Å². The molecule has 10 heteroatoms. The minimum atomic E-state index is -0.541. The molecule has 4 rings (SSSR count). The summed E-state index contributed by atoms with van der Waals surface area (Å²) in [6.45, 7) is 3.04. The highest BCUT2D eigenvalue weighted by molar-refractivity contribution is 6.35. The maximum absolute atomic E-state index is 13.7. The number of nitrogens with one attached hydrogen (secondary N) is 4. The Balaban J connectivity index is 1.50. The van der Waals surface area contributed by atoms with Gasteiger partial charge in [0.2, 0.25) is 5.91 Å². The Hall–Kier alpha value is -4.47. The first-order valence-electron chi connectivity index (χ1n) is 10.3. The lowest BCUT2D eigenvalue weighted by atomic mass is 10.0. The molecule has 2 aromatic carbocycles. The molecule has 2 heterocycles. The number of aryl methyl sites for hydroxylation is 1. The molecule has 1 aliphatic heterocycles. The number of nitrogens with two attached hydrogens (primary N) is 1. The average Bonchev–Trinajstić information content (AvgIpc) is 3.23. The Bertz CT molecular complexity index is 1380. The number of benzene rings is 2. The van der Waals surface area contributed by atoms with Crippen LogP contribution in [0.25, 0.3) is 11.6 Å². The van der Waals surface area contributed by atoms with Crippen molar-refractivity contribution in [3.63, 3.8) is 0 Å². The number of anilines is 3. The molecular weight excluding hydrogens is 444 g/mol. The zero-order valence-corrected chi connectivity index (χ0v) is 18.3. The predicted octanol–water partition coefficient (Wildman–Crippen LogP) is 3.35. The normalized spacial score (nSPS) is 13.5. The van der Waals surface area contributed by atoms with Crippen molar-refractivity contribution >= 4 is 46.4 Å². The summed E-state index contributed by atoms with van der Waals surface area (Å²) >= 11 is 0. The van der Waals surface area contributed by atoms with E-state index >= 15 is 0 Å². The van der Waals surface area contributed by atoms with E-state index in [4.69, 9.17) is 5.73 Å². The number of hydrogen-bond donors (Lipinski definition) is 5. The number of H-pyrrole nitrogens is 1. The van der Waals surface area contributed by atoms with Gasteiger partial charge in [-0.3, -0.25) is 14.4 Å². The molecule has 0 bridgehead atoms. The fraction of sp³-hybridized carbons (Fsp3) is 0.125. The van der Waals surface area contributed by atoms with E-state index < -0.39 is 23.4 Å². The van der Waals surface area contributed by atoms with Crippen molar-refractivity contribution in [3.05, 3.63) is 76.1 Å². The molecule has 34 heavy (non-hydrogen) atoms. The van der Waals surface area contributed by atoms with Crippen LogP contribution in [0.4, 0.5) is 25.8 Å². The largest absolute Gasteiger partial charge is 0.397 e. The van der Waals surface area contributed by atoms with Gasteiger partial charge in [-0.15, -0.1) is 0 Å². The third kappa shape index (κ3) is 4.38. The van der Waals surface area contributed by atoms with Crippen LogP contribution in [-0.4, -0.2) is 29.3 Å². The van der Waals surface area contributed by atoms with Gasteiger partial charge in [-0.1, -0.05) is 0 Å². The van der Waals surface area contributed by atoms with Gasteiger partial charge in [-0.05, 0) is 61.9 Å². The van der Waals surface area contributed by atoms with Gasteiger partial charge in [0.05, 0.1) is 29.1 Å². The Morgan fingerprint density at radius 1 is 1.09 bits per heavy atom. The van der Waals surface area contributed by atoms with Crippen molar-refractivity contribution in [2.24, 2.45) is 0 Å². The Labute approximate surface area is 193 Å². The molecule has 174 valence electrons. The summed E-state index contributed by atoms with van der Waals surface area (Å²) in [4.78, 5) is 40.4. The molecule has 0 fully saturated rings. The van der Waals surface area contributed by atoms with Crippen LogP contribution in [0, 0.1) is 25.5 Å². The molecule has 8 nitrogen and oxygen atoms in total. The first-order chi connectivity index (χ1) is 16.1. The zero-order valence-electron chi connectivity index (χ0n) is 18.3. The van der Waals surface area contributed by atoms with Gasteiger partial charge in [0, 0.05) is 22.6 Å². The third-order valence-electron chi connectivity index (χ3n) is 5.45. The van der Waals surface area contributed by atoms with Gasteiger partial charge in [0.25, 0.3) is 11.8 Å². The summed E-state index contributed by atoms with van der Waals surface area (Å²) < 4.78 is 26.8. The van der Waals surface area contributed by atoms with Crippen LogP contribution in [0.2, 0.25) is 0 Å². The highest BCUT2D eigenvalue weighted by Crippen LogP contribution is 2.34. The number of nitrogen functional groups attached to an aromatic ring is 1. The third-order valence-corrected chi connectivity index (χ3v) is 5.45. The Kier molecular flexibility index (Phi) is 5.89. The Morgan fingerprint density at radius 2 is 1.79 bits per heavy atom. The Morgan fingerprint density at radius 3 is 2.53 bits per heavy atom. The van der Waals surface area contributed by atoms with Crippen LogP contribution < -0.4 is 21.7 Å². The topological polar surface area (TPSA) is 129 Å². The summed E-state index contributed by atoms with van der Waals surface area (Å²) in [6, 6.07) is 7.57. The number of halogens is 2. The minimum Gasteiger partial charge on any atom is -0.397 e. The second-order valence-corrected chi connectivity index (χ2v) is 7.83. The van der Waals surface area contributed by atoms with Crippen LogP contribution >= 0.6 is 0 Å². The SMILES string of the molecule is Cc1[nH]c(/C=C2\C(=O)Nc3ccc(F)cc32)c(C)c1C(=O)NCC(=O)Nc1ccc(F)cc1N. The van der Waals surface area contributed by atoms with Gasteiger partial charge in [0.15, 0.2) is 0 Å². The van der Waals surface area contributed by atoms with Crippen molar-refractivity contribution in [1.82, 2.24) is 10.3 Å². The molecule has 0 spiro atoms. The highest BCUT2D eigenvalue weighted by atomic mass is 19.1. The van der Waals surface area contributed by atoms with Gasteiger partial charge < -0.3 is 26.7 Å². The zero-order chi connectivity index (χ0) is 24.6. The lowest BCUT2D eigenvalue weighted by Crippen LogP contribution is -2.33. The summed E-state index contributed by atoms with van der Waals surface area (Å²) in [5, 5.41) is 7.72. The van der Waals surface area contributed by atoms with Gasteiger partial charge >= 0.3 is 0 Å². The van der Waals surface area contributed by atoms with E-state index in [-0.39, 0.29) is 29.4 Å². The van der Waals surface area contributed by atoms with Crippen LogP contribution in [0.5, 0.6) is 0 Å². The molecule has 0 radical (unpaired) electrons. The molecule has 0 saturated carbocycles.